The fraction of sp³-hybridized carbons (Fsp3) is 0.417. The lowest BCUT2D eigenvalue weighted by Gasteiger charge is -2.16. The molecule has 1 rings (SSSR count). The molecule has 76 valence electrons. The van der Waals surface area contributed by atoms with E-state index in [1.807, 2.05) is 37.4 Å². The van der Waals surface area contributed by atoms with Crippen molar-refractivity contribution in [3.63, 3.8) is 0 Å². The van der Waals surface area contributed by atoms with Crippen molar-refractivity contribution in [2.45, 2.75) is 26.2 Å². The normalized spacial score (nSPS) is 9.86. The number of benzene rings is 1. The molecule has 0 bridgehead atoms. The highest BCUT2D eigenvalue weighted by Crippen LogP contribution is 2.12. The Labute approximate surface area is 85.5 Å². The molecule has 1 amide bonds. The molecule has 0 radical (unpaired) electrons. The second-order valence-electron chi connectivity index (χ2n) is 3.39. The third-order valence-electron chi connectivity index (χ3n) is 2.26. The van der Waals surface area contributed by atoms with Crippen molar-refractivity contribution in [3.8, 4) is 0 Å². The second kappa shape index (κ2) is 5.43. The lowest BCUT2D eigenvalue weighted by molar-refractivity contribution is -0.118. The molecule has 1 aromatic carbocycles. The van der Waals surface area contributed by atoms with Crippen molar-refractivity contribution in [1.82, 2.24) is 0 Å². The van der Waals surface area contributed by atoms with Crippen LogP contribution in [0.2, 0.25) is 0 Å². The van der Waals surface area contributed by atoms with E-state index >= 15 is 0 Å². The molecule has 0 aliphatic heterocycles. The molecule has 0 aliphatic carbocycles. The highest BCUT2D eigenvalue weighted by atomic mass is 16.2. The fourth-order valence-electron chi connectivity index (χ4n) is 1.29. The van der Waals surface area contributed by atoms with Gasteiger partial charge in [0, 0.05) is 19.2 Å². The average molecular weight is 191 g/mol. The summed E-state index contributed by atoms with van der Waals surface area (Å²) in [6.07, 6.45) is 2.67. The molecule has 2 heteroatoms. The Kier molecular flexibility index (Phi) is 4.17. The van der Waals surface area contributed by atoms with Crippen LogP contribution in [0.5, 0.6) is 0 Å². The Morgan fingerprint density at radius 3 is 2.50 bits per heavy atom. The quantitative estimate of drug-likeness (QED) is 0.716. The second-order valence-corrected chi connectivity index (χ2v) is 3.39. The van der Waals surface area contributed by atoms with Crippen LogP contribution in [-0.2, 0) is 4.79 Å². The molecular formula is C12H17NO. The summed E-state index contributed by atoms with van der Waals surface area (Å²) < 4.78 is 0. The van der Waals surface area contributed by atoms with Gasteiger partial charge in [0.25, 0.3) is 0 Å². The summed E-state index contributed by atoms with van der Waals surface area (Å²) in [4.78, 5) is 13.3. The summed E-state index contributed by atoms with van der Waals surface area (Å²) in [6, 6.07) is 9.74. The van der Waals surface area contributed by atoms with E-state index in [0.717, 1.165) is 18.5 Å². The number of anilines is 1. The zero-order valence-electron chi connectivity index (χ0n) is 8.86. The SMILES string of the molecule is CCCCC(=O)N(C)c1ccccc1. The maximum absolute atomic E-state index is 11.6. The molecule has 0 saturated heterocycles. The Hall–Kier alpha value is -1.31. The first-order chi connectivity index (χ1) is 6.75. The van der Waals surface area contributed by atoms with Gasteiger partial charge in [0.2, 0.25) is 5.91 Å². The first-order valence-electron chi connectivity index (χ1n) is 5.07. The van der Waals surface area contributed by atoms with E-state index in [2.05, 4.69) is 6.92 Å². The van der Waals surface area contributed by atoms with E-state index in [1.165, 1.54) is 0 Å². The van der Waals surface area contributed by atoms with Crippen LogP contribution in [0.4, 0.5) is 5.69 Å². The Morgan fingerprint density at radius 1 is 1.29 bits per heavy atom. The molecule has 0 atom stereocenters. The van der Waals surface area contributed by atoms with Crippen LogP contribution in [0.3, 0.4) is 0 Å². The zero-order chi connectivity index (χ0) is 10.4. The minimum atomic E-state index is 0.193. The molecule has 0 unspecified atom stereocenters. The van der Waals surface area contributed by atoms with Crippen LogP contribution in [-0.4, -0.2) is 13.0 Å². The summed E-state index contributed by atoms with van der Waals surface area (Å²) in [5, 5.41) is 0. The summed E-state index contributed by atoms with van der Waals surface area (Å²) >= 11 is 0. The number of hydrogen-bond donors (Lipinski definition) is 0. The molecule has 0 aliphatic rings. The van der Waals surface area contributed by atoms with Gasteiger partial charge in [-0.2, -0.15) is 0 Å². The van der Waals surface area contributed by atoms with Crippen molar-refractivity contribution < 1.29 is 4.79 Å². The standard InChI is InChI=1S/C12H17NO/c1-3-4-10-12(14)13(2)11-8-6-5-7-9-11/h5-9H,3-4,10H2,1-2H3. The van der Waals surface area contributed by atoms with Crippen LogP contribution in [0, 0.1) is 0 Å². The molecule has 14 heavy (non-hydrogen) atoms. The van der Waals surface area contributed by atoms with Gasteiger partial charge in [0.1, 0.15) is 0 Å². The van der Waals surface area contributed by atoms with Crippen LogP contribution in [0.25, 0.3) is 0 Å². The van der Waals surface area contributed by atoms with Gasteiger partial charge >= 0.3 is 0 Å². The topological polar surface area (TPSA) is 20.3 Å². The predicted octanol–water partition coefficient (Wildman–Crippen LogP) is 2.84. The smallest absolute Gasteiger partial charge is 0.226 e. The lowest BCUT2D eigenvalue weighted by Crippen LogP contribution is -2.25. The first-order valence-corrected chi connectivity index (χ1v) is 5.07. The number of carbonyl (C=O) groups excluding carboxylic acids is 1. The van der Waals surface area contributed by atoms with Crippen molar-refractivity contribution in [1.29, 1.82) is 0 Å². The molecule has 0 saturated carbocycles. The predicted molar refractivity (Wildman–Crippen MR) is 59.4 cm³/mol. The highest BCUT2D eigenvalue weighted by Gasteiger charge is 2.08. The highest BCUT2D eigenvalue weighted by molar-refractivity contribution is 5.92. The van der Waals surface area contributed by atoms with Crippen molar-refractivity contribution in [2.24, 2.45) is 0 Å². The minimum Gasteiger partial charge on any atom is -0.316 e. The van der Waals surface area contributed by atoms with Crippen LogP contribution in [0.15, 0.2) is 30.3 Å². The average Bonchev–Trinajstić information content (AvgIpc) is 2.26. The molecular weight excluding hydrogens is 174 g/mol. The van der Waals surface area contributed by atoms with Gasteiger partial charge in [-0.25, -0.2) is 0 Å². The number of hydrogen-bond acceptors (Lipinski definition) is 1. The van der Waals surface area contributed by atoms with Crippen LogP contribution < -0.4 is 4.90 Å². The Bertz CT molecular complexity index is 282. The van der Waals surface area contributed by atoms with Gasteiger partial charge in [-0.15, -0.1) is 0 Å². The Balaban J connectivity index is 2.57. The summed E-state index contributed by atoms with van der Waals surface area (Å²) in [7, 11) is 1.83. The van der Waals surface area contributed by atoms with E-state index < -0.39 is 0 Å². The maximum Gasteiger partial charge on any atom is 0.226 e. The molecule has 2 nitrogen and oxygen atoms in total. The van der Waals surface area contributed by atoms with Gasteiger partial charge in [0.05, 0.1) is 0 Å². The fourth-order valence-corrected chi connectivity index (χ4v) is 1.29. The number of nitrogens with zero attached hydrogens (tertiary/aromatic N) is 1. The molecule has 0 spiro atoms. The van der Waals surface area contributed by atoms with Crippen molar-refractivity contribution in [3.05, 3.63) is 30.3 Å². The van der Waals surface area contributed by atoms with E-state index in [-0.39, 0.29) is 5.91 Å². The first kappa shape index (κ1) is 10.8. The number of amides is 1. The summed E-state index contributed by atoms with van der Waals surface area (Å²) in [6.45, 7) is 2.09. The Morgan fingerprint density at radius 2 is 1.93 bits per heavy atom. The van der Waals surface area contributed by atoms with E-state index in [9.17, 15) is 4.79 Å². The molecule has 0 aromatic heterocycles. The monoisotopic (exact) mass is 191 g/mol. The third kappa shape index (κ3) is 2.87. The summed E-state index contributed by atoms with van der Waals surface area (Å²) in [5.74, 6) is 0.193. The number of unbranched alkanes of at least 4 members (excludes halogenated alkanes) is 1. The number of carbonyl (C=O) groups is 1. The van der Waals surface area contributed by atoms with E-state index in [1.54, 1.807) is 4.90 Å². The minimum absolute atomic E-state index is 0.193. The molecule has 0 N–H and O–H groups in total. The van der Waals surface area contributed by atoms with Gasteiger partial charge < -0.3 is 4.90 Å². The van der Waals surface area contributed by atoms with Gasteiger partial charge in [-0.05, 0) is 18.6 Å². The van der Waals surface area contributed by atoms with Gasteiger partial charge in [-0.1, -0.05) is 31.5 Å². The van der Waals surface area contributed by atoms with Gasteiger partial charge in [0.15, 0.2) is 0 Å². The van der Waals surface area contributed by atoms with Crippen LogP contribution in [0.1, 0.15) is 26.2 Å². The molecule has 1 aromatic rings. The molecule has 0 fully saturated rings. The van der Waals surface area contributed by atoms with Crippen LogP contribution >= 0.6 is 0 Å². The van der Waals surface area contributed by atoms with Gasteiger partial charge in [-0.3, -0.25) is 4.79 Å². The number of rotatable bonds is 4. The maximum atomic E-state index is 11.6. The van der Waals surface area contributed by atoms with Crippen molar-refractivity contribution in [2.75, 3.05) is 11.9 Å². The van der Waals surface area contributed by atoms with E-state index in [0.29, 0.717) is 6.42 Å². The summed E-state index contributed by atoms with van der Waals surface area (Å²) in [5.41, 5.74) is 0.966. The molecule has 0 heterocycles. The lowest BCUT2D eigenvalue weighted by atomic mass is 10.2. The number of para-hydroxylation sites is 1. The van der Waals surface area contributed by atoms with E-state index in [4.69, 9.17) is 0 Å². The van der Waals surface area contributed by atoms with Crippen molar-refractivity contribution >= 4 is 11.6 Å². The zero-order valence-corrected chi connectivity index (χ0v) is 8.86. The largest absolute Gasteiger partial charge is 0.316 e. The third-order valence-corrected chi connectivity index (χ3v) is 2.26.